The Morgan fingerprint density at radius 1 is 0.967 bits per heavy atom. The Hall–Kier alpha value is -3.00. The van der Waals surface area contributed by atoms with Crippen molar-refractivity contribution in [2.75, 3.05) is 7.11 Å². The summed E-state index contributed by atoms with van der Waals surface area (Å²) in [6.45, 7) is 0.214. The van der Waals surface area contributed by atoms with Crippen LogP contribution < -0.4 is 9.46 Å². The van der Waals surface area contributed by atoms with Gasteiger partial charge in [-0.3, -0.25) is 0 Å². The topological polar surface area (TPSA) is 68.3 Å². The third-order valence-electron chi connectivity index (χ3n) is 4.54. The quantitative estimate of drug-likeness (QED) is 0.445. The van der Waals surface area contributed by atoms with Crippen LogP contribution in [-0.4, -0.2) is 20.5 Å². The number of fused-ring (bicyclic) bond motifs is 1. The molecule has 4 rings (SSSR count). The van der Waals surface area contributed by atoms with Gasteiger partial charge in [-0.2, -0.15) is 0 Å². The molecular weight excluding hydrogens is 416 g/mol. The van der Waals surface area contributed by atoms with Crippen molar-refractivity contribution in [3.05, 3.63) is 88.9 Å². The second-order valence-electron chi connectivity index (χ2n) is 6.59. The summed E-state index contributed by atoms with van der Waals surface area (Å²) in [5.74, 6) is 0.732. The molecule has 1 heterocycles. The van der Waals surface area contributed by atoms with Gasteiger partial charge in [0.2, 0.25) is 10.0 Å². The SMILES string of the molecule is COc1ccc(CNS(=O)(=O)c2ccc(/C=C/c3nc4ccccc4s3)cc2)cc1. The standard InChI is InChI=1S/C23H20N2O3S2/c1-28-19-11-6-18(7-12-19)16-24-30(26,27)20-13-8-17(9-14-20)10-15-23-25-21-4-2-3-5-22(21)29-23/h2-15,24H,16H2,1H3/b15-10+. The molecule has 30 heavy (non-hydrogen) atoms. The molecule has 0 radical (unpaired) electrons. The lowest BCUT2D eigenvalue weighted by Gasteiger charge is -2.08. The summed E-state index contributed by atoms with van der Waals surface area (Å²) in [5, 5.41) is 0.911. The molecule has 0 spiro atoms. The molecule has 0 unspecified atom stereocenters. The van der Waals surface area contributed by atoms with Crippen LogP contribution in [0, 0.1) is 0 Å². The molecule has 4 aromatic rings. The van der Waals surface area contributed by atoms with Crippen LogP contribution in [-0.2, 0) is 16.6 Å². The number of nitrogens with one attached hydrogen (secondary N) is 1. The van der Waals surface area contributed by atoms with E-state index in [1.165, 1.54) is 0 Å². The highest BCUT2D eigenvalue weighted by atomic mass is 32.2. The van der Waals surface area contributed by atoms with Gasteiger partial charge < -0.3 is 4.74 Å². The van der Waals surface area contributed by atoms with Gasteiger partial charge in [0.25, 0.3) is 0 Å². The Balaban J connectivity index is 1.42. The van der Waals surface area contributed by atoms with Crippen molar-refractivity contribution in [3.8, 4) is 5.75 Å². The number of thiazole rings is 1. The molecule has 3 aromatic carbocycles. The number of aromatic nitrogens is 1. The molecular formula is C23H20N2O3S2. The third kappa shape index (κ3) is 4.76. The lowest BCUT2D eigenvalue weighted by molar-refractivity contribution is 0.414. The van der Waals surface area contributed by atoms with E-state index in [9.17, 15) is 8.42 Å². The number of para-hydroxylation sites is 1. The first-order valence-electron chi connectivity index (χ1n) is 9.30. The number of methoxy groups -OCH3 is 1. The summed E-state index contributed by atoms with van der Waals surface area (Å²) in [6.07, 6.45) is 3.87. The minimum atomic E-state index is -3.59. The van der Waals surface area contributed by atoms with Crippen LogP contribution in [0.2, 0.25) is 0 Å². The number of ether oxygens (including phenoxy) is 1. The van der Waals surface area contributed by atoms with Gasteiger partial charge in [-0.1, -0.05) is 42.5 Å². The fourth-order valence-corrected chi connectivity index (χ4v) is 4.78. The van der Waals surface area contributed by atoms with E-state index in [2.05, 4.69) is 9.71 Å². The van der Waals surface area contributed by atoms with Gasteiger partial charge in [0.05, 0.1) is 22.2 Å². The van der Waals surface area contributed by atoms with Gasteiger partial charge in [0, 0.05) is 6.54 Å². The number of hydrogen-bond acceptors (Lipinski definition) is 5. The van der Waals surface area contributed by atoms with Crippen LogP contribution in [0.15, 0.2) is 77.7 Å². The molecule has 7 heteroatoms. The van der Waals surface area contributed by atoms with Crippen LogP contribution >= 0.6 is 11.3 Å². The highest BCUT2D eigenvalue weighted by Gasteiger charge is 2.13. The molecule has 0 saturated carbocycles. The lowest BCUT2D eigenvalue weighted by atomic mass is 10.2. The van der Waals surface area contributed by atoms with Gasteiger partial charge >= 0.3 is 0 Å². The first-order chi connectivity index (χ1) is 14.5. The van der Waals surface area contributed by atoms with Crippen molar-refractivity contribution in [1.29, 1.82) is 0 Å². The van der Waals surface area contributed by atoms with Crippen molar-refractivity contribution in [1.82, 2.24) is 9.71 Å². The summed E-state index contributed by atoms with van der Waals surface area (Å²) in [7, 11) is -2.00. The predicted octanol–water partition coefficient (Wildman–Crippen LogP) is 4.95. The fraction of sp³-hybridized carbons (Fsp3) is 0.0870. The average Bonchev–Trinajstić information content (AvgIpc) is 3.20. The largest absolute Gasteiger partial charge is 0.497 e. The second kappa shape index (κ2) is 8.79. The molecule has 1 aromatic heterocycles. The summed E-state index contributed by atoms with van der Waals surface area (Å²) in [5.41, 5.74) is 2.74. The molecule has 152 valence electrons. The zero-order chi connectivity index (χ0) is 21.0. The van der Waals surface area contributed by atoms with E-state index in [1.807, 2.05) is 48.6 Å². The van der Waals surface area contributed by atoms with Gasteiger partial charge in [-0.25, -0.2) is 18.1 Å². The summed E-state index contributed by atoms with van der Waals surface area (Å²) < 4.78 is 34.0. The Labute approximate surface area is 179 Å². The van der Waals surface area contributed by atoms with Gasteiger partial charge in [-0.15, -0.1) is 11.3 Å². The van der Waals surface area contributed by atoms with Crippen LogP contribution in [0.1, 0.15) is 16.1 Å². The van der Waals surface area contributed by atoms with Crippen molar-refractivity contribution >= 4 is 43.7 Å². The number of nitrogens with zero attached hydrogens (tertiary/aromatic N) is 1. The number of rotatable bonds is 7. The summed E-state index contributed by atoms with van der Waals surface area (Å²) >= 11 is 1.62. The summed E-state index contributed by atoms with van der Waals surface area (Å²) in [4.78, 5) is 4.80. The monoisotopic (exact) mass is 436 g/mol. The molecule has 5 nitrogen and oxygen atoms in total. The highest BCUT2D eigenvalue weighted by molar-refractivity contribution is 7.89. The first-order valence-corrected chi connectivity index (χ1v) is 11.6. The third-order valence-corrected chi connectivity index (χ3v) is 6.96. The molecule has 0 aliphatic carbocycles. The minimum Gasteiger partial charge on any atom is -0.497 e. The zero-order valence-corrected chi connectivity index (χ0v) is 17.9. The van der Waals surface area contributed by atoms with E-state index in [1.54, 1.807) is 54.8 Å². The number of benzene rings is 3. The number of hydrogen-bond donors (Lipinski definition) is 1. The number of sulfonamides is 1. The van der Waals surface area contributed by atoms with Crippen molar-refractivity contribution in [2.24, 2.45) is 0 Å². The highest BCUT2D eigenvalue weighted by Crippen LogP contribution is 2.23. The zero-order valence-electron chi connectivity index (χ0n) is 16.3. The van der Waals surface area contributed by atoms with Crippen LogP contribution in [0.25, 0.3) is 22.4 Å². The molecule has 0 saturated heterocycles. The van der Waals surface area contributed by atoms with E-state index < -0.39 is 10.0 Å². The molecule has 0 bridgehead atoms. The Morgan fingerprint density at radius 3 is 2.40 bits per heavy atom. The maximum atomic E-state index is 12.6. The van der Waals surface area contributed by atoms with Gasteiger partial charge in [0.1, 0.15) is 10.8 Å². The molecule has 0 aliphatic heterocycles. The smallest absolute Gasteiger partial charge is 0.240 e. The van der Waals surface area contributed by atoms with Crippen molar-refractivity contribution in [3.63, 3.8) is 0 Å². The van der Waals surface area contributed by atoms with E-state index >= 15 is 0 Å². The predicted molar refractivity (Wildman–Crippen MR) is 122 cm³/mol. The van der Waals surface area contributed by atoms with E-state index in [0.717, 1.165) is 32.1 Å². The van der Waals surface area contributed by atoms with E-state index in [-0.39, 0.29) is 11.4 Å². The van der Waals surface area contributed by atoms with Crippen LogP contribution in [0.3, 0.4) is 0 Å². The van der Waals surface area contributed by atoms with Crippen molar-refractivity contribution in [2.45, 2.75) is 11.4 Å². The van der Waals surface area contributed by atoms with Crippen molar-refractivity contribution < 1.29 is 13.2 Å². The summed E-state index contributed by atoms with van der Waals surface area (Å²) in [6, 6.07) is 22.0. The Bertz CT molecular complexity index is 1240. The average molecular weight is 437 g/mol. The van der Waals surface area contributed by atoms with E-state index in [0.29, 0.717) is 0 Å². The van der Waals surface area contributed by atoms with E-state index in [4.69, 9.17) is 4.74 Å². The normalized spacial score (nSPS) is 11.9. The molecule has 0 aliphatic rings. The van der Waals surface area contributed by atoms with Gasteiger partial charge in [-0.05, 0) is 53.6 Å². The maximum absolute atomic E-state index is 12.6. The van der Waals surface area contributed by atoms with Crippen LogP contribution in [0.4, 0.5) is 0 Å². The van der Waals surface area contributed by atoms with Gasteiger partial charge in [0.15, 0.2) is 0 Å². The molecule has 0 amide bonds. The maximum Gasteiger partial charge on any atom is 0.240 e. The molecule has 0 atom stereocenters. The second-order valence-corrected chi connectivity index (χ2v) is 9.42. The Kier molecular flexibility index (Phi) is 5.94. The molecule has 1 N–H and O–H groups in total. The minimum absolute atomic E-state index is 0.214. The molecule has 0 fully saturated rings. The fourth-order valence-electron chi connectivity index (χ4n) is 2.89. The lowest BCUT2D eigenvalue weighted by Crippen LogP contribution is -2.23. The van der Waals surface area contributed by atoms with Crippen LogP contribution in [0.5, 0.6) is 5.75 Å². The Morgan fingerprint density at radius 2 is 1.70 bits per heavy atom. The first kappa shape index (κ1) is 20.3.